The highest BCUT2D eigenvalue weighted by molar-refractivity contribution is 5.73. The van der Waals surface area contributed by atoms with E-state index in [0.29, 0.717) is 19.1 Å². The summed E-state index contributed by atoms with van der Waals surface area (Å²) >= 11 is 0. The lowest BCUT2D eigenvalue weighted by atomic mass is 10.1. The van der Waals surface area contributed by atoms with Gasteiger partial charge in [-0.25, -0.2) is 9.59 Å². The molecule has 0 radical (unpaired) electrons. The van der Waals surface area contributed by atoms with Gasteiger partial charge in [-0.2, -0.15) is 0 Å². The highest BCUT2D eigenvalue weighted by atomic mass is 16.6. The van der Waals surface area contributed by atoms with E-state index in [0.717, 1.165) is 12.8 Å². The Bertz CT molecular complexity index is 259. The monoisotopic (exact) mass is 274 g/mol. The molecule has 0 heterocycles. The van der Waals surface area contributed by atoms with Crippen LogP contribution in [0.2, 0.25) is 0 Å². The molecule has 0 saturated carbocycles. The summed E-state index contributed by atoms with van der Waals surface area (Å²) in [6.45, 7) is 8.36. The normalized spacial score (nSPS) is 10.8. The van der Waals surface area contributed by atoms with Crippen LogP contribution in [0.4, 0.5) is 0 Å². The van der Waals surface area contributed by atoms with E-state index in [-0.39, 0.29) is 19.1 Å². The van der Waals surface area contributed by atoms with Crippen molar-refractivity contribution in [3.05, 3.63) is 0 Å². The first kappa shape index (κ1) is 17.9. The quantitative estimate of drug-likeness (QED) is 0.571. The molecular weight excluding hydrogens is 248 g/mol. The fourth-order valence-electron chi connectivity index (χ4n) is 1.30. The molecule has 0 rings (SSSR count). The van der Waals surface area contributed by atoms with Crippen LogP contribution in [-0.4, -0.2) is 38.4 Å². The second kappa shape index (κ2) is 10.8. The zero-order valence-corrected chi connectivity index (χ0v) is 12.4. The van der Waals surface area contributed by atoms with Gasteiger partial charge in [-0.05, 0) is 11.8 Å². The van der Waals surface area contributed by atoms with Gasteiger partial charge in [0.05, 0.1) is 13.2 Å². The van der Waals surface area contributed by atoms with Crippen LogP contribution in [0.3, 0.4) is 0 Å². The Labute approximate surface area is 115 Å². The Hall–Kier alpha value is -1.10. The smallest absolute Gasteiger partial charge is 0.332 e. The number of carbonyl (C=O) groups is 2. The summed E-state index contributed by atoms with van der Waals surface area (Å²) in [6.07, 6.45) is 1.96. The predicted molar refractivity (Wildman–Crippen MR) is 71.6 cm³/mol. The van der Waals surface area contributed by atoms with Crippen LogP contribution in [-0.2, 0) is 23.8 Å². The first-order valence-electron chi connectivity index (χ1n) is 6.88. The third-order valence-electron chi connectivity index (χ3n) is 2.65. The molecule has 0 aromatic rings. The van der Waals surface area contributed by atoms with Gasteiger partial charge in [0.15, 0.2) is 0 Å². The minimum Gasteiger partial charge on any atom is -0.464 e. The maximum absolute atomic E-state index is 11.3. The maximum atomic E-state index is 11.3. The van der Waals surface area contributed by atoms with E-state index in [1.807, 2.05) is 13.8 Å². The SMILES string of the molecule is CCC(CC)COC(=O)COCC(=O)OCC(C)C. The lowest BCUT2D eigenvalue weighted by Gasteiger charge is -2.12. The number of esters is 2. The highest BCUT2D eigenvalue weighted by Crippen LogP contribution is 2.07. The molecule has 5 nitrogen and oxygen atoms in total. The summed E-state index contributed by atoms with van der Waals surface area (Å²) in [7, 11) is 0. The van der Waals surface area contributed by atoms with E-state index in [1.165, 1.54) is 0 Å². The number of ether oxygens (including phenoxy) is 3. The van der Waals surface area contributed by atoms with Gasteiger partial charge in [0.25, 0.3) is 0 Å². The van der Waals surface area contributed by atoms with Crippen molar-refractivity contribution < 1.29 is 23.8 Å². The summed E-state index contributed by atoms with van der Waals surface area (Å²) in [5.74, 6) is -0.223. The lowest BCUT2D eigenvalue weighted by Crippen LogP contribution is -2.21. The molecule has 112 valence electrons. The molecule has 0 N–H and O–H groups in total. The van der Waals surface area contributed by atoms with Crippen molar-refractivity contribution in [1.29, 1.82) is 0 Å². The van der Waals surface area contributed by atoms with Gasteiger partial charge in [-0.3, -0.25) is 0 Å². The molecule has 0 atom stereocenters. The maximum Gasteiger partial charge on any atom is 0.332 e. The first-order chi connectivity index (χ1) is 8.99. The van der Waals surface area contributed by atoms with Gasteiger partial charge in [0.1, 0.15) is 13.2 Å². The van der Waals surface area contributed by atoms with Crippen LogP contribution < -0.4 is 0 Å². The van der Waals surface area contributed by atoms with E-state index >= 15 is 0 Å². The van der Waals surface area contributed by atoms with Gasteiger partial charge in [-0.1, -0.05) is 40.5 Å². The Kier molecular flexibility index (Phi) is 10.2. The lowest BCUT2D eigenvalue weighted by molar-refractivity contribution is -0.156. The summed E-state index contributed by atoms with van der Waals surface area (Å²) in [4.78, 5) is 22.5. The first-order valence-corrected chi connectivity index (χ1v) is 6.88. The van der Waals surface area contributed by atoms with Crippen LogP contribution >= 0.6 is 0 Å². The molecule has 0 aliphatic heterocycles. The fourth-order valence-corrected chi connectivity index (χ4v) is 1.30. The van der Waals surface area contributed by atoms with Gasteiger partial charge in [0, 0.05) is 0 Å². The van der Waals surface area contributed by atoms with E-state index in [9.17, 15) is 9.59 Å². The fraction of sp³-hybridized carbons (Fsp3) is 0.857. The van der Waals surface area contributed by atoms with Crippen molar-refractivity contribution in [3.8, 4) is 0 Å². The minimum atomic E-state index is -0.457. The molecule has 0 bridgehead atoms. The minimum absolute atomic E-state index is 0.211. The predicted octanol–water partition coefficient (Wildman–Crippen LogP) is 2.18. The number of hydrogen-bond acceptors (Lipinski definition) is 5. The van der Waals surface area contributed by atoms with Gasteiger partial charge in [0.2, 0.25) is 0 Å². The number of carbonyl (C=O) groups excluding carboxylic acids is 2. The molecular formula is C14H26O5. The molecule has 0 spiro atoms. The Morgan fingerprint density at radius 1 is 0.895 bits per heavy atom. The van der Waals surface area contributed by atoms with Crippen molar-refractivity contribution in [2.75, 3.05) is 26.4 Å². The summed E-state index contributed by atoms with van der Waals surface area (Å²) in [5.41, 5.74) is 0. The molecule has 0 unspecified atom stereocenters. The summed E-state index contributed by atoms with van der Waals surface area (Å²) < 4.78 is 14.9. The molecule has 0 amide bonds. The van der Waals surface area contributed by atoms with Crippen molar-refractivity contribution in [2.45, 2.75) is 40.5 Å². The zero-order valence-electron chi connectivity index (χ0n) is 12.4. The molecule has 5 heteroatoms. The Morgan fingerprint density at radius 3 is 1.79 bits per heavy atom. The molecule has 0 fully saturated rings. The summed E-state index contributed by atoms with van der Waals surface area (Å²) in [5, 5.41) is 0. The average molecular weight is 274 g/mol. The van der Waals surface area contributed by atoms with Crippen LogP contribution in [0.1, 0.15) is 40.5 Å². The molecule has 0 aromatic heterocycles. The van der Waals surface area contributed by atoms with Crippen LogP contribution in [0.5, 0.6) is 0 Å². The highest BCUT2D eigenvalue weighted by Gasteiger charge is 2.10. The van der Waals surface area contributed by atoms with Crippen LogP contribution in [0.25, 0.3) is 0 Å². The van der Waals surface area contributed by atoms with E-state index in [2.05, 4.69) is 13.8 Å². The topological polar surface area (TPSA) is 61.8 Å². The third-order valence-corrected chi connectivity index (χ3v) is 2.65. The molecule has 0 aliphatic rings. The average Bonchev–Trinajstić information content (AvgIpc) is 2.37. The zero-order chi connectivity index (χ0) is 14.7. The van der Waals surface area contributed by atoms with Gasteiger partial charge in [-0.15, -0.1) is 0 Å². The van der Waals surface area contributed by atoms with E-state index < -0.39 is 11.9 Å². The van der Waals surface area contributed by atoms with Crippen LogP contribution in [0, 0.1) is 11.8 Å². The number of rotatable bonds is 10. The second-order valence-corrected chi connectivity index (χ2v) is 4.94. The third kappa shape index (κ3) is 10.5. The van der Waals surface area contributed by atoms with Crippen molar-refractivity contribution in [1.82, 2.24) is 0 Å². The van der Waals surface area contributed by atoms with Crippen molar-refractivity contribution in [2.24, 2.45) is 11.8 Å². The number of hydrogen-bond donors (Lipinski definition) is 0. The van der Waals surface area contributed by atoms with Gasteiger partial charge >= 0.3 is 11.9 Å². The van der Waals surface area contributed by atoms with Crippen molar-refractivity contribution >= 4 is 11.9 Å². The standard InChI is InChI=1S/C14H26O5/c1-5-12(6-2)8-19-14(16)10-17-9-13(15)18-7-11(3)4/h11-12H,5-10H2,1-4H3. The second-order valence-electron chi connectivity index (χ2n) is 4.94. The van der Waals surface area contributed by atoms with E-state index in [1.54, 1.807) is 0 Å². The van der Waals surface area contributed by atoms with Crippen LogP contribution in [0.15, 0.2) is 0 Å². The molecule has 0 aliphatic carbocycles. The molecule has 19 heavy (non-hydrogen) atoms. The van der Waals surface area contributed by atoms with E-state index in [4.69, 9.17) is 14.2 Å². The van der Waals surface area contributed by atoms with Crippen molar-refractivity contribution in [3.63, 3.8) is 0 Å². The molecule has 0 saturated heterocycles. The Balaban J connectivity index is 3.60. The Morgan fingerprint density at radius 2 is 1.37 bits per heavy atom. The summed E-state index contributed by atoms with van der Waals surface area (Å²) in [6, 6.07) is 0. The molecule has 0 aromatic carbocycles. The largest absolute Gasteiger partial charge is 0.464 e. The van der Waals surface area contributed by atoms with Gasteiger partial charge < -0.3 is 14.2 Å².